The summed E-state index contributed by atoms with van der Waals surface area (Å²) in [5, 5.41) is 0.882. The summed E-state index contributed by atoms with van der Waals surface area (Å²) in [7, 11) is 1.35. The number of carbonyl (C=O) groups is 1. The number of pyridine rings is 1. The second-order valence-corrected chi connectivity index (χ2v) is 4.74. The molecule has 0 unspecified atom stereocenters. The molecule has 0 saturated carbocycles. The van der Waals surface area contributed by atoms with Crippen LogP contribution in [0.2, 0.25) is 0 Å². The van der Waals surface area contributed by atoms with E-state index < -0.39 is 0 Å². The van der Waals surface area contributed by atoms with Gasteiger partial charge >= 0.3 is 5.97 Å². The van der Waals surface area contributed by atoms with E-state index in [-0.39, 0.29) is 5.97 Å². The van der Waals surface area contributed by atoms with Crippen molar-refractivity contribution in [2.24, 2.45) is 0 Å². The van der Waals surface area contributed by atoms with E-state index in [2.05, 4.69) is 25.7 Å². The number of hydrogen-bond donors (Lipinski definition) is 1. The van der Waals surface area contributed by atoms with Gasteiger partial charge in [-0.15, -0.1) is 11.3 Å². The second-order valence-electron chi connectivity index (χ2n) is 2.84. The molecule has 0 radical (unpaired) electrons. The van der Waals surface area contributed by atoms with Gasteiger partial charge < -0.3 is 10.5 Å². The molecule has 15 heavy (non-hydrogen) atoms. The van der Waals surface area contributed by atoms with Crippen LogP contribution in [0.5, 0.6) is 0 Å². The highest BCUT2D eigenvalue weighted by atomic mass is 79.9. The molecule has 0 aromatic carbocycles. The van der Waals surface area contributed by atoms with Crippen molar-refractivity contribution in [3.8, 4) is 0 Å². The van der Waals surface area contributed by atoms with E-state index in [1.807, 2.05) is 0 Å². The fourth-order valence-corrected chi connectivity index (χ4v) is 2.76. The van der Waals surface area contributed by atoms with Crippen LogP contribution in [0.1, 0.15) is 9.67 Å². The monoisotopic (exact) mass is 286 g/mol. The van der Waals surface area contributed by atoms with Gasteiger partial charge in [-0.2, -0.15) is 0 Å². The summed E-state index contributed by atoms with van der Waals surface area (Å²) in [6.45, 7) is 0. The van der Waals surface area contributed by atoms with Gasteiger partial charge in [-0.3, -0.25) is 0 Å². The highest BCUT2D eigenvalue weighted by molar-refractivity contribution is 9.10. The van der Waals surface area contributed by atoms with Crippen molar-refractivity contribution < 1.29 is 9.53 Å². The molecule has 0 fully saturated rings. The number of thiophene rings is 1. The Morgan fingerprint density at radius 1 is 1.67 bits per heavy atom. The van der Waals surface area contributed by atoms with Crippen LogP contribution < -0.4 is 5.73 Å². The first-order valence-electron chi connectivity index (χ1n) is 4.05. The lowest BCUT2D eigenvalue weighted by Gasteiger charge is -1.95. The molecule has 2 heterocycles. The van der Waals surface area contributed by atoms with Crippen molar-refractivity contribution in [1.29, 1.82) is 0 Å². The molecule has 78 valence electrons. The van der Waals surface area contributed by atoms with Crippen LogP contribution in [-0.4, -0.2) is 18.1 Å². The van der Waals surface area contributed by atoms with Crippen LogP contribution in [0.15, 0.2) is 16.7 Å². The normalized spacial score (nSPS) is 10.5. The van der Waals surface area contributed by atoms with E-state index in [9.17, 15) is 4.79 Å². The first kappa shape index (κ1) is 10.4. The number of rotatable bonds is 1. The molecule has 0 aliphatic rings. The van der Waals surface area contributed by atoms with Crippen molar-refractivity contribution >= 4 is 49.1 Å². The van der Waals surface area contributed by atoms with Crippen LogP contribution in [0, 0.1) is 0 Å². The first-order chi connectivity index (χ1) is 7.13. The van der Waals surface area contributed by atoms with Gasteiger partial charge in [-0.25, -0.2) is 9.78 Å². The topological polar surface area (TPSA) is 65.2 Å². The number of hydrogen-bond acceptors (Lipinski definition) is 5. The van der Waals surface area contributed by atoms with E-state index in [0.717, 1.165) is 14.6 Å². The molecule has 6 heteroatoms. The lowest BCUT2D eigenvalue weighted by atomic mass is 10.3. The third-order valence-corrected chi connectivity index (χ3v) is 3.70. The summed E-state index contributed by atoms with van der Waals surface area (Å²) in [5.74, 6) is 0.0656. The second kappa shape index (κ2) is 3.79. The molecule has 2 aromatic heterocycles. The zero-order valence-corrected chi connectivity index (χ0v) is 10.2. The maximum absolute atomic E-state index is 11.3. The molecule has 0 aliphatic carbocycles. The molecular formula is C9H7BrN2O2S. The Balaban J connectivity index is 2.70. The minimum absolute atomic E-state index is 0.359. The van der Waals surface area contributed by atoms with E-state index >= 15 is 0 Å². The predicted octanol–water partition coefficient (Wildman–Crippen LogP) is 2.43. The Bertz CT molecular complexity index is 499. The third-order valence-electron chi connectivity index (χ3n) is 1.93. The molecule has 0 spiro atoms. The van der Waals surface area contributed by atoms with E-state index in [4.69, 9.17) is 5.73 Å². The number of carbonyl (C=O) groups excluding carboxylic acids is 1. The summed E-state index contributed by atoms with van der Waals surface area (Å²) < 4.78 is 6.25. The fourth-order valence-electron chi connectivity index (χ4n) is 1.21. The molecule has 0 amide bonds. The van der Waals surface area contributed by atoms with Crippen LogP contribution >= 0.6 is 27.3 Å². The van der Waals surface area contributed by atoms with Crippen LogP contribution in [-0.2, 0) is 4.74 Å². The molecule has 0 aliphatic heterocycles. The average Bonchev–Trinajstić information content (AvgIpc) is 2.68. The Hall–Kier alpha value is -1.14. The number of nitrogens with zero attached hydrogens (tertiary/aromatic N) is 1. The lowest BCUT2D eigenvalue weighted by Crippen LogP contribution is -1.96. The Morgan fingerprint density at radius 3 is 3.00 bits per heavy atom. The fraction of sp³-hybridized carbons (Fsp3) is 0.111. The Morgan fingerprint density at radius 2 is 2.40 bits per heavy atom. The number of halogens is 1. The largest absolute Gasteiger partial charge is 0.465 e. The number of nitrogen functional groups attached to an aromatic ring is 1. The van der Waals surface area contributed by atoms with Gasteiger partial charge in [-0.1, -0.05) is 0 Å². The van der Waals surface area contributed by atoms with Crippen molar-refractivity contribution in [3.63, 3.8) is 0 Å². The number of methoxy groups -OCH3 is 1. The average molecular weight is 287 g/mol. The maximum Gasteiger partial charge on any atom is 0.348 e. The van der Waals surface area contributed by atoms with Crippen LogP contribution in [0.25, 0.3) is 10.1 Å². The minimum Gasteiger partial charge on any atom is -0.465 e. The van der Waals surface area contributed by atoms with Gasteiger partial charge in [0.2, 0.25) is 0 Å². The molecule has 0 atom stereocenters. The van der Waals surface area contributed by atoms with Gasteiger partial charge in [0.05, 0.1) is 11.8 Å². The Labute approximate surface area is 98.2 Å². The van der Waals surface area contributed by atoms with Crippen molar-refractivity contribution in [1.82, 2.24) is 4.98 Å². The summed E-state index contributed by atoms with van der Waals surface area (Å²) in [6, 6.07) is 1.74. The standard InChI is InChI=1S/C9H7BrN2O2S/c1-14-9(13)6-2-4-5(10)3-12-8(11)7(4)15-6/h2-3H,1H3,(H2,11,12). The highest BCUT2D eigenvalue weighted by Crippen LogP contribution is 2.34. The number of fused-ring (bicyclic) bond motifs is 1. The molecular weight excluding hydrogens is 280 g/mol. The van der Waals surface area contributed by atoms with Gasteiger partial charge in [-0.05, 0) is 22.0 Å². The van der Waals surface area contributed by atoms with Gasteiger partial charge in [0, 0.05) is 16.1 Å². The molecule has 2 N–H and O–H groups in total. The first-order valence-corrected chi connectivity index (χ1v) is 5.66. The van der Waals surface area contributed by atoms with Gasteiger partial charge in [0.15, 0.2) is 0 Å². The van der Waals surface area contributed by atoms with E-state index in [1.54, 1.807) is 12.3 Å². The van der Waals surface area contributed by atoms with Gasteiger partial charge in [0.25, 0.3) is 0 Å². The SMILES string of the molecule is COC(=O)c1cc2c(Br)cnc(N)c2s1. The Kier molecular flexibility index (Phi) is 2.62. The molecule has 2 aromatic rings. The van der Waals surface area contributed by atoms with Gasteiger partial charge in [0.1, 0.15) is 10.7 Å². The summed E-state index contributed by atoms with van der Waals surface area (Å²) in [5.41, 5.74) is 5.71. The number of aromatic nitrogens is 1. The molecule has 0 saturated heterocycles. The van der Waals surface area contributed by atoms with E-state index in [1.165, 1.54) is 18.4 Å². The lowest BCUT2D eigenvalue weighted by molar-refractivity contribution is 0.0606. The maximum atomic E-state index is 11.3. The number of ether oxygens (including phenoxy) is 1. The summed E-state index contributed by atoms with van der Waals surface area (Å²) in [6.07, 6.45) is 1.62. The number of esters is 1. The summed E-state index contributed by atoms with van der Waals surface area (Å²) >= 11 is 4.63. The molecule has 2 rings (SSSR count). The summed E-state index contributed by atoms with van der Waals surface area (Å²) in [4.78, 5) is 15.8. The quantitative estimate of drug-likeness (QED) is 0.818. The zero-order chi connectivity index (χ0) is 11.0. The zero-order valence-electron chi connectivity index (χ0n) is 7.78. The smallest absolute Gasteiger partial charge is 0.348 e. The highest BCUT2D eigenvalue weighted by Gasteiger charge is 2.14. The third kappa shape index (κ3) is 1.70. The predicted molar refractivity (Wildman–Crippen MR) is 63.1 cm³/mol. The van der Waals surface area contributed by atoms with Crippen molar-refractivity contribution in [2.45, 2.75) is 0 Å². The molecule has 0 bridgehead atoms. The van der Waals surface area contributed by atoms with Crippen LogP contribution in [0.4, 0.5) is 5.82 Å². The number of nitrogens with two attached hydrogens (primary N) is 1. The minimum atomic E-state index is -0.359. The number of anilines is 1. The van der Waals surface area contributed by atoms with E-state index in [0.29, 0.717) is 10.7 Å². The van der Waals surface area contributed by atoms with Crippen molar-refractivity contribution in [2.75, 3.05) is 12.8 Å². The molecule has 4 nitrogen and oxygen atoms in total. The van der Waals surface area contributed by atoms with Crippen molar-refractivity contribution in [3.05, 3.63) is 21.6 Å². The van der Waals surface area contributed by atoms with Crippen LogP contribution in [0.3, 0.4) is 0 Å².